The van der Waals surface area contributed by atoms with Gasteiger partial charge < -0.3 is 10.6 Å². The summed E-state index contributed by atoms with van der Waals surface area (Å²) in [6.45, 7) is 4.40. The van der Waals surface area contributed by atoms with E-state index in [9.17, 15) is 9.59 Å². The van der Waals surface area contributed by atoms with Gasteiger partial charge in [0.1, 0.15) is 0 Å². The van der Waals surface area contributed by atoms with Gasteiger partial charge in [-0.25, -0.2) is 4.79 Å². The van der Waals surface area contributed by atoms with Crippen LogP contribution in [-0.4, -0.2) is 29.4 Å². The number of rotatable bonds is 2. The second kappa shape index (κ2) is 5.61. The standard InChI is InChI=1S/C13H19N3O2S/c1-8-3-5-10(12(14)17)7-16(8)13(18)15-11-6-4-9(2)19-11/h4,6,8,10H,3,5,7H2,1-2H3,(H2,14,17)(H,15,18)/t8-,10-/m1/s1. The number of piperidine rings is 1. The van der Waals surface area contributed by atoms with Gasteiger partial charge in [-0.1, -0.05) is 0 Å². The third-order valence-electron chi connectivity index (χ3n) is 3.52. The molecule has 3 amide bonds. The zero-order chi connectivity index (χ0) is 14.0. The van der Waals surface area contributed by atoms with Gasteiger partial charge in [-0.2, -0.15) is 0 Å². The lowest BCUT2D eigenvalue weighted by atomic mass is 9.93. The number of urea groups is 1. The highest BCUT2D eigenvalue weighted by Crippen LogP contribution is 2.25. The van der Waals surface area contributed by atoms with E-state index in [2.05, 4.69) is 5.32 Å². The van der Waals surface area contributed by atoms with Gasteiger partial charge in [0.05, 0.1) is 10.9 Å². The Morgan fingerprint density at radius 3 is 2.74 bits per heavy atom. The molecular weight excluding hydrogens is 262 g/mol. The van der Waals surface area contributed by atoms with Crippen molar-refractivity contribution in [1.29, 1.82) is 0 Å². The van der Waals surface area contributed by atoms with Gasteiger partial charge in [-0.15, -0.1) is 11.3 Å². The average molecular weight is 281 g/mol. The first kappa shape index (κ1) is 13.9. The molecule has 1 aromatic rings. The second-order valence-corrected chi connectivity index (χ2v) is 6.31. The number of nitrogens with zero attached hydrogens (tertiary/aromatic N) is 1. The third-order valence-corrected chi connectivity index (χ3v) is 4.43. The molecule has 104 valence electrons. The topological polar surface area (TPSA) is 75.4 Å². The van der Waals surface area contributed by atoms with Gasteiger partial charge in [0.15, 0.2) is 0 Å². The highest BCUT2D eigenvalue weighted by atomic mass is 32.1. The van der Waals surface area contributed by atoms with E-state index >= 15 is 0 Å². The predicted molar refractivity (Wildman–Crippen MR) is 76.2 cm³/mol. The number of carbonyl (C=O) groups excluding carboxylic acids is 2. The molecular formula is C13H19N3O2S. The number of nitrogens with one attached hydrogen (secondary N) is 1. The summed E-state index contributed by atoms with van der Waals surface area (Å²) in [5.74, 6) is -0.552. The fraction of sp³-hybridized carbons (Fsp3) is 0.538. The van der Waals surface area contributed by atoms with Crippen molar-refractivity contribution in [3.8, 4) is 0 Å². The van der Waals surface area contributed by atoms with E-state index in [1.165, 1.54) is 11.3 Å². The van der Waals surface area contributed by atoms with Crippen molar-refractivity contribution in [2.75, 3.05) is 11.9 Å². The number of hydrogen-bond donors (Lipinski definition) is 2. The summed E-state index contributed by atoms with van der Waals surface area (Å²) < 4.78 is 0. The van der Waals surface area contributed by atoms with Crippen molar-refractivity contribution in [1.82, 2.24) is 4.90 Å². The zero-order valence-electron chi connectivity index (χ0n) is 11.2. The first-order chi connectivity index (χ1) is 8.97. The molecule has 0 saturated carbocycles. The Kier molecular flexibility index (Phi) is 4.09. The third kappa shape index (κ3) is 3.26. The zero-order valence-corrected chi connectivity index (χ0v) is 12.0. The van der Waals surface area contributed by atoms with Crippen LogP contribution in [0.5, 0.6) is 0 Å². The minimum atomic E-state index is -0.323. The minimum absolute atomic E-state index is 0.136. The fourth-order valence-electron chi connectivity index (χ4n) is 2.30. The summed E-state index contributed by atoms with van der Waals surface area (Å²) >= 11 is 1.54. The molecule has 2 rings (SSSR count). The van der Waals surface area contributed by atoms with E-state index in [-0.39, 0.29) is 23.9 Å². The number of carbonyl (C=O) groups is 2. The Balaban J connectivity index is 2.02. The van der Waals surface area contributed by atoms with Crippen LogP contribution in [0.3, 0.4) is 0 Å². The molecule has 6 heteroatoms. The van der Waals surface area contributed by atoms with Gasteiger partial charge in [0.25, 0.3) is 0 Å². The van der Waals surface area contributed by atoms with Crippen LogP contribution in [0.1, 0.15) is 24.6 Å². The Bertz CT molecular complexity index is 486. The van der Waals surface area contributed by atoms with Crippen LogP contribution in [0.15, 0.2) is 12.1 Å². The highest BCUT2D eigenvalue weighted by Gasteiger charge is 2.31. The number of anilines is 1. The number of likely N-dealkylation sites (tertiary alicyclic amines) is 1. The lowest BCUT2D eigenvalue weighted by Crippen LogP contribution is -2.50. The van der Waals surface area contributed by atoms with E-state index in [0.717, 1.165) is 22.7 Å². The van der Waals surface area contributed by atoms with Crippen molar-refractivity contribution in [2.24, 2.45) is 11.7 Å². The van der Waals surface area contributed by atoms with Crippen LogP contribution in [0.25, 0.3) is 0 Å². The highest BCUT2D eigenvalue weighted by molar-refractivity contribution is 7.16. The quantitative estimate of drug-likeness (QED) is 0.871. The summed E-state index contributed by atoms with van der Waals surface area (Å²) in [6.07, 6.45) is 1.57. The average Bonchev–Trinajstić information content (AvgIpc) is 2.74. The molecule has 19 heavy (non-hydrogen) atoms. The molecule has 2 atom stereocenters. The number of hydrogen-bond acceptors (Lipinski definition) is 3. The largest absolute Gasteiger partial charge is 0.369 e. The van der Waals surface area contributed by atoms with Crippen LogP contribution in [0, 0.1) is 12.8 Å². The molecule has 0 aromatic carbocycles. The second-order valence-electron chi connectivity index (χ2n) is 5.02. The Hall–Kier alpha value is -1.56. The van der Waals surface area contributed by atoms with E-state index in [1.807, 2.05) is 26.0 Å². The predicted octanol–water partition coefficient (Wildman–Crippen LogP) is 2.17. The van der Waals surface area contributed by atoms with Crippen LogP contribution in [0.4, 0.5) is 9.80 Å². The number of aryl methyl sites for hydroxylation is 1. The van der Waals surface area contributed by atoms with E-state index in [0.29, 0.717) is 6.54 Å². The Labute approximate surface area is 116 Å². The summed E-state index contributed by atoms with van der Waals surface area (Å²) in [6, 6.07) is 3.83. The number of nitrogens with two attached hydrogens (primary N) is 1. The molecule has 0 unspecified atom stereocenters. The molecule has 0 bridgehead atoms. The van der Waals surface area contributed by atoms with Gasteiger partial charge in [0, 0.05) is 17.5 Å². The molecule has 0 radical (unpaired) electrons. The van der Waals surface area contributed by atoms with E-state index in [1.54, 1.807) is 4.90 Å². The van der Waals surface area contributed by atoms with E-state index < -0.39 is 0 Å². The molecule has 2 heterocycles. The van der Waals surface area contributed by atoms with Gasteiger partial charge in [0.2, 0.25) is 5.91 Å². The Morgan fingerprint density at radius 2 is 2.16 bits per heavy atom. The monoisotopic (exact) mass is 281 g/mol. The smallest absolute Gasteiger partial charge is 0.322 e. The number of amides is 3. The molecule has 0 spiro atoms. The van der Waals surface area contributed by atoms with Crippen LogP contribution in [0.2, 0.25) is 0 Å². The maximum Gasteiger partial charge on any atom is 0.322 e. The first-order valence-electron chi connectivity index (χ1n) is 6.40. The summed E-state index contributed by atoms with van der Waals surface area (Å²) in [4.78, 5) is 26.3. The maximum absolute atomic E-state index is 12.2. The molecule has 1 fully saturated rings. The molecule has 0 aliphatic carbocycles. The molecule has 1 aromatic heterocycles. The minimum Gasteiger partial charge on any atom is -0.369 e. The number of primary amides is 1. The van der Waals surface area contributed by atoms with Crippen LogP contribution in [-0.2, 0) is 4.79 Å². The number of thiophene rings is 1. The van der Waals surface area contributed by atoms with Crippen molar-refractivity contribution < 1.29 is 9.59 Å². The lowest BCUT2D eigenvalue weighted by Gasteiger charge is -2.36. The van der Waals surface area contributed by atoms with Crippen LogP contribution < -0.4 is 11.1 Å². The maximum atomic E-state index is 12.2. The van der Waals surface area contributed by atoms with Gasteiger partial charge in [-0.05, 0) is 38.8 Å². The molecule has 3 N–H and O–H groups in total. The lowest BCUT2D eigenvalue weighted by molar-refractivity contribution is -0.123. The van der Waals surface area contributed by atoms with Gasteiger partial charge in [-0.3, -0.25) is 10.1 Å². The van der Waals surface area contributed by atoms with Crippen molar-refractivity contribution in [3.63, 3.8) is 0 Å². The Morgan fingerprint density at radius 1 is 1.42 bits per heavy atom. The van der Waals surface area contributed by atoms with Crippen molar-refractivity contribution in [3.05, 3.63) is 17.0 Å². The van der Waals surface area contributed by atoms with E-state index in [4.69, 9.17) is 5.73 Å². The van der Waals surface area contributed by atoms with Crippen LogP contribution >= 0.6 is 11.3 Å². The van der Waals surface area contributed by atoms with Gasteiger partial charge >= 0.3 is 6.03 Å². The SMILES string of the molecule is Cc1ccc(NC(=O)N2C[C@H](C(N)=O)CC[C@H]2C)s1. The van der Waals surface area contributed by atoms with Crippen molar-refractivity contribution >= 4 is 28.3 Å². The molecule has 1 aliphatic rings. The molecule has 1 saturated heterocycles. The molecule has 5 nitrogen and oxygen atoms in total. The molecule has 1 aliphatic heterocycles. The first-order valence-corrected chi connectivity index (χ1v) is 7.22. The van der Waals surface area contributed by atoms with Crippen molar-refractivity contribution in [2.45, 2.75) is 32.7 Å². The normalized spacial score (nSPS) is 23.2. The summed E-state index contributed by atoms with van der Waals surface area (Å²) in [5, 5.41) is 3.71. The summed E-state index contributed by atoms with van der Waals surface area (Å²) in [5.41, 5.74) is 5.34. The fourth-order valence-corrected chi connectivity index (χ4v) is 3.06. The summed E-state index contributed by atoms with van der Waals surface area (Å²) in [7, 11) is 0.